The summed E-state index contributed by atoms with van der Waals surface area (Å²) in [5.74, 6) is 0. The SMILES string of the molecule is O=c1c2ccccc2sn1/N=C/c1ccccc1Cl. The molecule has 1 aromatic heterocycles. The van der Waals surface area contributed by atoms with Gasteiger partial charge in [0.25, 0.3) is 5.56 Å². The summed E-state index contributed by atoms with van der Waals surface area (Å²) >= 11 is 7.35. The quantitative estimate of drug-likeness (QED) is 0.664. The predicted molar refractivity (Wildman–Crippen MR) is 80.5 cm³/mol. The fourth-order valence-electron chi connectivity index (χ4n) is 1.73. The van der Waals surface area contributed by atoms with Gasteiger partial charge in [0.05, 0.1) is 16.3 Å². The topological polar surface area (TPSA) is 34.4 Å². The van der Waals surface area contributed by atoms with E-state index in [9.17, 15) is 4.79 Å². The smallest absolute Gasteiger partial charge is 0.266 e. The van der Waals surface area contributed by atoms with Crippen molar-refractivity contribution in [3.8, 4) is 0 Å². The number of aromatic nitrogens is 1. The maximum Gasteiger partial charge on any atom is 0.289 e. The summed E-state index contributed by atoms with van der Waals surface area (Å²) in [6.07, 6.45) is 1.60. The molecule has 5 heteroatoms. The largest absolute Gasteiger partial charge is 0.289 e. The maximum absolute atomic E-state index is 12.1. The van der Waals surface area contributed by atoms with Crippen LogP contribution >= 0.6 is 23.1 Å². The average molecular weight is 289 g/mol. The highest BCUT2D eigenvalue weighted by Crippen LogP contribution is 2.16. The normalized spacial score (nSPS) is 11.4. The summed E-state index contributed by atoms with van der Waals surface area (Å²) in [6.45, 7) is 0. The van der Waals surface area contributed by atoms with Gasteiger partial charge in [-0.25, -0.2) is 0 Å². The minimum atomic E-state index is -0.107. The molecular weight excluding hydrogens is 280 g/mol. The zero-order valence-electron chi connectivity index (χ0n) is 9.79. The molecule has 0 N–H and O–H groups in total. The molecule has 19 heavy (non-hydrogen) atoms. The van der Waals surface area contributed by atoms with Gasteiger partial charge in [-0.2, -0.15) is 5.10 Å². The lowest BCUT2D eigenvalue weighted by Gasteiger charge is -1.95. The van der Waals surface area contributed by atoms with Crippen molar-refractivity contribution in [2.24, 2.45) is 5.10 Å². The van der Waals surface area contributed by atoms with E-state index in [1.165, 1.54) is 15.6 Å². The van der Waals surface area contributed by atoms with Gasteiger partial charge in [-0.1, -0.05) is 41.9 Å². The van der Waals surface area contributed by atoms with E-state index in [0.29, 0.717) is 10.4 Å². The standard InChI is InChI=1S/C14H9ClN2OS/c15-12-7-3-1-5-10(12)9-16-17-14(18)11-6-2-4-8-13(11)19-17/h1-9H/b16-9+. The molecule has 94 valence electrons. The van der Waals surface area contributed by atoms with Gasteiger partial charge < -0.3 is 0 Å². The van der Waals surface area contributed by atoms with Crippen LogP contribution in [0, 0.1) is 0 Å². The molecule has 0 aliphatic carbocycles. The molecular formula is C14H9ClN2OS. The van der Waals surface area contributed by atoms with Crippen molar-refractivity contribution in [1.29, 1.82) is 0 Å². The van der Waals surface area contributed by atoms with Crippen molar-refractivity contribution in [3.63, 3.8) is 0 Å². The lowest BCUT2D eigenvalue weighted by atomic mass is 10.2. The van der Waals surface area contributed by atoms with Crippen LogP contribution in [0.1, 0.15) is 5.56 Å². The monoisotopic (exact) mass is 288 g/mol. The van der Waals surface area contributed by atoms with Gasteiger partial charge >= 0.3 is 0 Å². The molecule has 3 rings (SSSR count). The van der Waals surface area contributed by atoms with Crippen molar-refractivity contribution in [1.82, 2.24) is 4.07 Å². The van der Waals surface area contributed by atoms with Crippen LogP contribution in [0.15, 0.2) is 58.4 Å². The molecule has 1 heterocycles. The van der Waals surface area contributed by atoms with Crippen LogP contribution in [-0.2, 0) is 0 Å². The summed E-state index contributed by atoms with van der Waals surface area (Å²) in [5, 5.41) is 5.48. The molecule has 0 saturated heterocycles. The fraction of sp³-hybridized carbons (Fsp3) is 0. The van der Waals surface area contributed by atoms with Crippen molar-refractivity contribution < 1.29 is 0 Å². The number of fused-ring (bicyclic) bond motifs is 1. The van der Waals surface area contributed by atoms with E-state index >= 15 is 0 Å². The molecule has 0 amide bonds. The van der Waals surface area contributed by atoms with Crippen molar-refractivity contribution in [3.05, 3.63) is 69.5 Å². The zero-order chi connectivity index (χ0) is 13.2. The highest BCUT2D eigenvalue weighted by Gasteiger charge is 2.05. The lowest BCUT2D eigenvalue weighted by Crippen LogP contribution is -2.08. The highest BCUT2D eigenvalue weighted by molar-refractivity contribution is 7.13. The first-order chi connectivity index (χ1) is 9.25. The van der Waals surface area contributed by atoms with Crippen LogP contribution in [0.25, 0.3) is 10.1 Å². The van der Waals surface area contributed by atoms with E-state index in [1.54, 1.807) is 18.3 Å². The second-order valence-corrected chi connectivity index (χ2v) is 5.31. The Balaban J connectivity index is 2.05. The predicted octanol–water partition coefficient (Wildman–Crippen LogP) is 3.60. The molecule has 0 atom stereocenters. The Labute approximate surface area is 118 Å². The summed E-state index contributed by atoms with van der Waals surface area (Å²) in [5.41, 5.74) is 0.678. The summed E-state index contributed by atoms with van der Waals surface area (Å²) < 4.78 is 2.29. The Bertz CT molecular complexity index is 819. The molecule has 0 radical (unpaired) electrons. The number of rotatable bonds is 2. The Morgan fingerprint density at radius 1 is 1.11 bits per heavy atom. The van der Waals surface area contributed by atoms with Gasteiger partial charge in [0, 0.05) is 10.6 Å². The van der Waals surface area contributed by atoms with E-state index in [0.717, 1.165) is 10.3 Å². The number of nitrogens with zero attached hydrogens (tertiary/aromatic N) is 2. The molecule has 3 nitrogen and oxygen atoms in total. The van der Waals surface area contributed by atoms with Crippen molar-refractivity contribution in [2.75, 3.05) is 0 Å². The minimum absolute atomic E-state index is 0.107. The number of hydrogen-bond donors (Lipinski definition) is 0. The van der Waals surface area contributed by atoms with Gasteiger partial charge in [0.15, 0.2) is 0 Å². The van der Waals surface area contributed by atoms with Gasteiger partial charge in [0.1, 0.15) is 0 Å². The van der Waals surface area contributed by atoms with Crippen LogP contribution in [-0.4, -0.2) is 10.3 Å². The molecule has 0 bridgehead atoms. The molecule has 0 fully saturated rings. The first-order valence-electron chi connectivity index (χ1n) is 5.65. The number of hydrogen-bond acceptors (Lipinski definition) is 3. The fourth-order valence-corrected chi connectivity index (χ4v) is 2.77. The zero-order valence-corrected chi connectivity index (χ0v) is 11.4. The lowest BCUT2D eigenvalue weighted by molar-refractivity contribution is 0.953. The molecule has 2 aromatic carbocycles. The van der Waals surface area contributed by atoms with E-state index in [2.05, 4.69) is 5.10 Å². The Kier molecular flexibility index (Phi) is 3.19. The van der Waals surface area contributed by atoms with Crippen molar-refractivity contribution in [2.45, 2.75) is 0 Å². The van der Waals surface area contributed by atoms with E-state index in [1.807, 2.05) is 36.4 Å². The Morgan fingerprint density at radius 2 is 1.84 bits per heavy atom. The molecule has 0 aliphatic heterocycles. The van der Waals surface area contributed by atoms with Crippen LogP contribution in [0.2, 0.25) is 5.02 Å². The molecule has 0 aliphatic rings. The number of halogens is 1. The Morgan fingerprint density at radius 3 is 2.63 bits per heavy atom. The van der Waals surface area contributed by atoms with Gasteiger partial charge in [0.2, 0.25) is 0 Å². The van der Waals surface area contributed by atoms with Crippen LogP contribution in [0.4, 0.5) is 0 Å². The summed E-state index contributed by atoms with van der Waals surface area (Å²) in [4.78, 5) is 12.1. The van der Waals surface area contributed by atoms with Gasteiger partial charge in [-0.05, 0) is 29.7 Å². The van der Waals surface area contributed by atoms with E-state index in [4.69, 9.17) is 11.6 Å². The van der Waals surface area contributed by atoms with E-state index < -0.39 is 0 Å². The van der Waals surface area contributed by atoms with Crippen LogP contribution in [0.3, 0.4) is 0 Å². The molecule has 0 saturated carbocycles. The van der Waals surface area contributed by atoms with Crippen molar-refractivity contribution >= 4 is 39.4 Å². The van der Waals surface area contributed by atoms with Gasteiger partial charge in [-0.3, -0.25) is 4.79 Å². The first-order valence-corrected chi connectivity index (χ1v) is 6.81. The molecule has 3 aromatic rings. The van der Waals surface area contributed by atoms with Crippen LogP contribution in [0.5, 0.6) is 0 Å². The highest BCUT2D eigenvalue weighted by atomic mass is 35.5. The molecule has 0 spiro atoms. The third-order valence-corrected chi connectivity index (χ3v) is 4.01. The second kappa shape index (κ2) is 4.99. The third kappa shape index (κ3) is 2.32. The third-order valence-electron chi connectivity index (χ3n) is 2.68. The van der Waals surface area contributed by atoms with E-state index in [-0.39, 0.29) is 5.56 Å². The van der Waals surface area contributed by atoms with Crippen LogP contribution < -0.4 is 5.56 Å². The van der Waals surface area contributed by atoms with Gasteiger partial charge in [-0.15, -0.1) is 4.07 Å². The Hall–Kier alpha value is -1.91. The average Bonchev–Trinajstić information content (AvgIpc) is 2.75. The summed E-state index contributed by atoms with van der Waals surface area (Å²) in [6, 6.07) is 14.8. The number of benzene rings is 2. The first kappa shape index (κ1) is 12.1. The maximum atomic E-state index is 12.1. The molecule has 0 unspecified atom stereocenters. The summed E-state index contributed by atoms with van der Waals surface area (Å²) in [7, 11) is 0. The minimum Gasteiger partial charge on any atom is -0.266 e. The second-order valence-electron chi connectivity index (χ2n) is 3.93.